The molecule has 0 aromatic carbocycles. The van der Waals surface area contributed by atoms with E-state index in [-0.39, 0.29) is 5.69 Å². The fraction of sp³-hybridized carbons (Fsp3) is 0.714. The van der Waals surface area contributed by atoms with Crippen LogP contribution in [0.1, 0.15) is 43.0 Å². The molecule has 1 aliphatic rings. The smallest absolute Gasteiger partial charge is 0.360 e. The van der Waals surface area contributed by atoms with Crippen LogP contribution in [0.3, 0.4) is 0 Å². The van der Waals surface area contributed by atoms with Crippen LogP contribution in [0.25, 0.3) is 0 Å². The van der Waals surface area contributed by atoms with Gasteiger partial charge in [-0.2, -0.15) is 0 Å². The summed E-state index contributed by atoms with van der Waals surface area (Å²) in [4.78, 5) is 18.4. The second-order valence-corrected chi connectivity index (χ2v) is 5.31. The number of methoxy groups -OCH3 is 1. The van der Waals surface area contributed by atoms with Gasteiger partial charge in [0.05, 0.1) is 7.11 Å². The number of esters is 1. The zero-order valence-electron chi connectivity index (χ0n) is 12.6. The van der Waals surface area contributed by atoms with Crippen LogP contribution in [0.4, 0.5) is 5.82 Å². The van der Waals surface area contributed by atoms with Crippen molar-refractivity contribution >= 4 is 11.8 Å². The summed E-state index contributed by atoms with van der Waals surface area (Å²) in [6.07, 6.45) is 3.27. The van der Waals surface area contributed by atoms with Gasteiger partial charge in [-0.3, -0.25) is 4.90 Å². The molecule has 1 aromatic heterocycles. The minimum Gasteiger partial charge on any atom is -0.464 e. The maximum Gasteiger partial charge on any atom is 0.360 e. The Morgan fingerprint density at radius 1 is 1.45 bits per heavy atom. The predicted octanol–water partition coefficient (Wildman–Crippen LogP) is 1.30. The van der Waals surface area contributed by atoms with Crippen molar-refractivity contribution in [3.63, 3.8) is 0 Å². The zero-order valence-corrected chi connectivity index (χ0v) is 12.6. The molecule has 2 heterocycles. The van der Waals surface area contributed by atoms with E-state index < -0.39 is 5.97 Å². The molecule has 0 amide bonds. The molecule has 1 aliphatic heterocycles. The highest BCUT2D eigenvalue weighted by molar-refractivity contribution is 5.92. The molecule has 6 nitrogen and oxygen atoms in total. The highest BCUT2D eigenvalue weighted by Crippen LogP contribution is 2.20. The minimum atomic E-state index is -0.468. The summed E-state index contributed by atoms with van der Waals surface area (Å²) in [5, 5.41) is 0. The zero-order chi connectivity index (χ0) is 14.7. The van der Waals surface area contributed by atoms with E-state index in [0.717, 1.165) is 31.9 Å². The molecule has 0 bridgehead atoms. The second-order valence-electron chi connectivity index (χ2n) is 5.31. The summed E-state index contributed by atoms with van der Waals surface area (Å²) in [6.45, 7) is 7.25. The van der Waals surface area contributed by atoms with E-state index in [1.165, 1.54) is 20.0 Å². The number of hydrogen-bond donors (Lipinski definition) is 1. The lowest BCUT2D eigenvalue weighted by Gasteiger charge is -2.25. The number of nitrogens with two attached hydrogens (primary N) is 1. The van der Waals surface area contributed by atoms with Crippen LogP contribution >= 0.6 is 0 Å². The first kappa shape index (κ1) is 14.8. The topological polar surface area (TPSA) is 73.4 Å². The summed E-state index contributed by atoms with van der Waals surface area (Å²) in [6, 6.07) is 0.393. The maximum atomic E-state index is 11.7. The van der Waals surface area contributed by atoms with Gasteiger partial charge in [0.25, 0.3) is 0 Å². The Morgan fingerprint density at radius 2 is 2.10 bits per heavy atom. The van der Waals surface area contributed by atoms with Gasteiger partial charge in [0, 0.05) is 19.0 Å². The molecule has 1 aromatic rings. The van der Waals surface area contributed by atoms with Crippen LogP contribution in [0, 0.1) is 0 Å². The number of aromatic nitrogens is 2. The monoisotopic (exact) mass is 280 g/mol. The summed E-state index contributed by atoms with van der Waals surface area (Å²) in [5.74, 6) is 0.790. The number of carbonyl (C=O) groups excluding carboxylic acids is 1. The third-order valence-corrected chi connectivity index (χ3v) is 3.99. The highest BCUT2D eigenvalue weighted by atomic mass is 16.5. The van der Waals surface area contributed by atoms with Gasteiger partial charge >= 0.3 is 5.97 Å². The highest BCUT2D eigenvalue weighted by Gasteiger charge is 2.24. The van der Waals surface area contributed by atoms with Crippen molar-refractivity contribution in [1.29, 1.82) is 0 Å². The van der Waals surface area contributed by atoms with Gasteiger partial charge in [-0.05, 0) is 32.9 Å². The van der Waals surface area contributed by atoms with Crippen molar-refractivity contribution in [3.05, 3.63) is 11.5 Å². The molecule has 2 rings (SSSR count). The number of nitrogens with zero attached hydrogens (tertiary/aromatic N) is 3. The SMILES string of the molecule is CCc1nc(C(=O)OC)c(N)n1CC(C)N1CCCC1. The summed E-state index contributed by atoms with van der Waals surface area (Å²) in [7, 11) is 1.35. The molecule has 20 heavy (non-hydrogen) atoms. The first-order valence-corrected chi connectivity index (χ1v) is 7.25. The first-order valence-electron chi connectivity index (χ1n) is 7.25. The maximum absolute atomic E-state index is 11.7. The fourth-order valence-electron chi connectivity index (χ4n) is 2.80. The lowest BCUT2D eigenvalue weighted by molar-refractivity contribution is 0.0595. The Bertz CT molecular complexity index is 478. The number of ether oxygens (including phenoxy) is 1. The van der Waals surface area contributed by atoms with E-state index in [1.54, 1.807) is 0 Å². The van der Waals surface area contributed by atoms with Gasteiger partial charge in [0.1, 0.15) is 11.6 Å². The number of carbonyl (C=O) groups is 1. The normalized spacial score (nSPS) is 17.4. The lowest BCUT2D eigenvalue weighted by Crippen LogP contribution is -2.34. The van der Waals surface area contributed by atoms with Crippen molar-refractivity contribution in [3.8, 4) is 0 Å². The molecular weight excluding hydrogens is 256 g/mol. The number of hydrogen-bond acceptors (Lipinski definition) is 5. The Hall–Kier alpha value is -1.56. The molecule has 0 spiro atoms. The Morgan fingerprint density at radius 3 is 2.65 bits per heavy atom. The van der Waals surface area contributed by atoms with Crippen molar-refractivity contribution in [2.45, 2.75) is 45.7 Å². The Balaban J connectivity index is 2.21. The molecule has 1 saturated heterocycles. The summed E-state index contributed by atoms with van der Waals surface area (Å²) >= 11 is 0. The van der Waals surface area contributed by atoms with Gasteiger partial charge in [-0.1, -0.05) is 6.92 Å². The van der Waals surface area contributed by atoms with Crippen molar-refractivity contribution in [2.75, 3.05) is 25.9 Å². The summed E-state index contributed by atoms with van der Waals surface area (Å²) in [5.41, 5.74) is 6.32. The number of nitrogen functional groups attached to an aromatic ring is 1. The van der Waals surface area contributed by atoms with Crippen molar-refractivity contribution < 1.29 is 9.53 Å². The van der Waals surface area contributed by atoms with Crippen molar-refractivity contribution in [2.24, 2.45) is 0 Å². The van der Waals surface area contributed by atoms with Crippen LogP contribution in [-0.4, -0.2) is 46.7 Å². The molecule has 6 heteroatoms. The molecule has 0 aliphatic carbocycles. The van der Waals surface area contributed by atoms with E-state index >= 15 is 0 Å². The molecule has 112 valence electrons. The standard InChI is InChI=1S/C14H24N4O2/c1-4-11-16-12(14(19)20-3)13(15)18(11)9-10(2)17-7-5-6-8-17/h10H,4-9,15H2,1-3H3. The largest absolute Gasteiger partial charge is 0.464 e. The first-order chi connectivity index (χ1) is 9.58. The van der Waals surface area contributed by atoms with Crippen LogP contribution in [0.15, 0.2) is 0 Å². The number of likely N-dealkylation sites (tertiary alicyclic amines) is 1. The molecule has 0 saturated carbocycles. The van der Waals surface area contributed by atoms with Gasteiger partial charge < -0.3 is 15.0 Å². The van der Waals surface area contributed by atoms with E-state index in [2.05, 4.69) is 16.8 Å². The van der Waals surface area contributed by atoms with Gasteiger partial charge in [0.15, 0.2) is 5.69 Å². The number of rotatable bonds is 5. The third-order valence-electron chi connectivity index (χ3n) is 3.99. The molecule has 1 unspecified atom stereocenters. The average molecular weight is 280 g/mol. The lowest BCUT2D eigenvalue weighted by atomic mass is 10.3. The number of anilines is 1. The quantitative estimate of drug-likeness (QED) is 0.823. The molecule has 1 atom stereocenters. The Labute approximate surface area is 119 Å². The van der Waals surface area contributed by atoms with E-state index in [4.69, 9.17) is 10.5 Å². The van der Waals surface area contributed by atoms with Crippen LogP contribution in [0.2, 0.25) is 0 Å². The molecule has 2 N–H and O–H groups in total. The summed E-state index contributed by atoms with van der Waals surface area (Å²) < 4.78 is 6.68. The third kappa shape index (κ3) is 2.80. The van der Waals surface area contributed by atoms with Gasteiger partial charge in [0.2, 0.25) is 0 Å². The van der Waals surface area contributed by atoms with Gasteiger partial charge in [-0.15, -0.1) is 0 Å². The molecule has 1 fully saturated rings. The predicted molar refractivity (Wildman–Crippen MR) is 77.6 cm³/mol. The van der Waals surface area contributed by atoms with Crippen LogP contribution in [0.5, 0.6) is 0 Å². The second kappa shape index (κ2) is 6.26. The van der Waals surface area contributed by atoms with E-state index in [1.807, 2.05) is 11.5 Å². The van der Waals surface area contributed by atoms with E-state index in [9.17, 15) is 4.79 Å². The molecule has 0 radical (unpaired) electrons. The number of aryl methyl sites for hydroxylation is 1. The molecular formula is C14H24N4O2. The van der Waals surface area contributed by atoms with Crippen LogP contribution in [-0.2, 0) is 17.7 Å². The minimum absolute atomic E-state index is 0.234. The van der Waals surface area contributed by atoms with Crippen molar-refractivity contribution in [1.82, 2.24) is 14.5 Å². The van der Waals surface area contributed by atoms with Crippen LogP contribution < -0.4 is 5.73 Å². The average Bonchev–Trinajstić information content (AvgIpc) is 3.08. The fourth-order valence-corrected chi connectivity index (χ4v) is 2.80. The Kier molecular flexibility index (Phi) is 4.65. The van der Waals surface area contributed by atoms with Gasteiger partial charge in [-0.25, -0.2) is 9.78 Å². The van der Waals surface area contributed by atoms with E-state index in [0.29, 0.717) is 11.9 Å². The number of imidazole rings is 1.